The van der Waals surface area contributed by atoms with Crippen LogP contribution >= 0.6 is 0 Å². The predicted molar refractivity (Wildman–Crippen MR) is 88.2 cm³/mol. The van der Waals surface area contributed by atoms with Gasteiger partial charge < -0.3 is 5.32 Å². The largest absolute Gasteiger partial charge is 0.315 e. The molecule has 1 aliphatic carbocycles. The summed E-state index contributed by atoms with van der Waals surface area (Å²) in [6.45, 7) is 9.69. The summed E-state index contributed by atoms with van der Waals surface area (Å²) in [7, 11) is 0. The van der Waals surface area contributed by atoms with Gasteiger partial charge >= 0.3 is 0 Å². The smallest absolute Gasteiger partial charge is 0.0220 e. The third-order valence-corrected chi connectivity index (χ3v) is 5.72. The number of likely N-dealkylation sites (tertiary alicyclic amines) is 1. The first kappa shape index (κ1) is 16.3. The molecule has 0 radical (unpaired) electrons. The molecule has 1 spiro atoms. The summed E-state index contributed by atoms with van der Waals surface area (Å²) in [6, 6.07) is 0.785. The first-order valence-corrected chi connectivity index (χ1v) is 9.24. The van der Waals surface area contributed by atoms with E-state index in [1.54, 1.807) is 0 Å². The van der Waals surface area contributed by atoms with Gasteiger partial charge in [0.25, 0.3) is 0 Å². The van der Waals surface area contributed by atoms with Crippen molar-refractivity contribution in [2.75, 3.05) is 26.2 Å². The van der Waals surface area contributed by atoms with Gasteiger partial charge in [-0.05, 0) is 63.6 Å². The Morgan fingerprint density at radius 2 is 1.65 bits per heavy atom. The summed E-state index contributed by atoms with van der Waals surface area (Å²) in [5, 5.41) is 3.65. The summed E-state index contributed by atoms with van der Waals surface area (Å²) >= 11 is 0. The Morgan fingerprint density at radius 3 is 2.25 bits per heavy atom. The highest BCUT2D eigenvalue weighted by Crippen LogP contribution is 2.44. The van der Waals surface area contributed by atoms with Crippen LogP contribution in [0.5, 0.6) is 0 Å². The molecule has 2 nitrogen and oxygen atoms in total. The summed E-state index contributed by atoms with van der Waals surface area (Å²) in [6.07, 6.45) is 14.4. The predicted octanol–water partition coefficient (Wildman–Crippen LogP) is 4.20. The lowest BCUT2D eigenvalue weighted by molar-refractivity contribution is 0.0425. The van der Waals surface area contributed by atoms with Crippen molar-refractivity contribution in [1.82, 2.24) is 10.2 Å². The molecule has 0 aromatic rings. The van der Waals surface area contributed by atoms with Gasteiger partial charge in [0.2, 0.25) is 0 Å². The van der Waals surface area contributed by atoms with Crippen molar-refractivity contribution in [2.45, 2.75) is 84.1 Å². The summed E-state index contributed by atoms with van der Waals surface area (Å²) in [4.78, 5) is 2.80. The van der Waals surface area contributed by atoms with E-state index in [2.05, 4.69) is 24.1 Å². The fourth-order valence-electron chi connectivity index (χ4n) is 4.36. The van der Waals surface area contributed by atoms with Gasteiger partial charge in [0.05, 0.1) is 0 Å². The second-order valence-corrected chi connectivity index (χ2v) is 7.24. The molecule has 0 aromatic heterocycles. The van der Waals surface area contributed by atoms with Crippen LogP contribution in [0.2, 0.25) is 0 Å². The molecule has 0 bridgehead atoms. The van der Waals surface area contributed by atoms with Gasteiger partial charge in [0.1, 0.15) is 0 Å². The van der Waals surface area contributed by atoms with Crippen LogP contribution in [-0.2, 0) is 0 Å². The average Bonchev–Trinajstić information content (AvgIpc) is 2.48. The number of nitrogens with one attached hydrogen (secondary N) is 1. The van der Waals surface area contributed by atoms with Crippen LogP contribution in [0.15, 0.2) is 0 Å². The zero-order chi connectivity index (χ0) is 14.3. The average molecular weight is 280 g/mol. The SMILES string of the molecule is CCCNCC(CCC)N1CCC2(CCCCC2)CC1. The summed E-state index contributed by atoms with van der Waals surface area (Å²) in [5.41, 5.74) is 0.752. The van der Waals surface area contributed by atoms with E-state index in [9.17, 15) is 0 Å². The number of rotatable bonds is 7. The Bertz CT molecular complexity index is 248. The minimum Gasteiger partial charge on any atom is -0.315 e. The van der Waals surface area contributed by atoms with Crippen LogP contribution in [0, 0.1) is 5.41 Å². The Balaban J connectivity index is 1.79. The molecule has 1 unspecified atom stereocenters. The lowest BCUT2D eigenvalue weighted by Gasteiger charge is -2.46. The zero-order valence-electron chi connectivity index (χ0n) is 13.9. The molecule has 1 saturated carbocycles. The maximum atomic E-state index is 3.65. The van der Waals surface area contributed by atoms with Gasteiger partial charge in [-0.1, -0.05) is 39.5 Å². The van der Waals surface area contributed by atoms with Crippen LogP contribution in [0.1, 0.15) is 78.1 Å². The van der Waals surface area contributed by atoms with Crippen molar-refractivity contribution < 1.29 is 0 Å². The van der Waals surface area contributed by atoms with Crippen LogP contribution in [0.4, 0.5) is 0 Å². The highest BCUT2D eigenvalue weighted by molar-refractivity contribution is 4.90. The molecule has 20 heavy (non-hydrogen) atoms. The Morgan fingerprint density at radius 1 is 0.950 bits per heavy atom. The highest BCUT2D eigenvalue weighted by Gasteiger charge is 2.36. The molecular formula is C18H36N2. The molecule has 1 saturated heterocycles. The second kappa shape index (κ2) is 8.38. The van der Waals surface area contributed by atoms with Crippen molar-refractivity contribution >= 4 is 0 Å². The van der Waals surface area contributed by atoms with Crippen LogP contribution in [-0.4, -0.2) is 37.1 Å². The minimum absolute atomic E-state index is 0.752. The van der Waals surface area contributed by atoms with E-state index in [-0.39, 0.29) is 0 Å². The van der Waals surface area contributed by atoms with Crippen molar-refractivity contribution in [3.63, 3.8) is 0 Å². The fraction of sp³-hybridized carbons (Fsp3) is 1.00. The standard InChI is InChI=1S/C18H36N2/c1-3-8-17(16-19-13-4-2)20-14-11-18(12-15-20)9-6-5-7-10-18/h17,19H,3-16H2,1-2H3. The number of hydrogen-bond acceptors (Lipinski definition) is 2. The fourth-order valence-corrected chi connectivity index (χ4v) is 4.36. The number of piperidine rings is 1. The van der Waals surface area contributed by atoms with E-state index in [1.807, 2.05) is 0 Å². The third-order valence-electron chi connectivity index (χ3n) is 5.72. The van der Waals surface area contributed by atoms with E-state index in [1.165, 1.54) is 90.4 Å². The summed E-state index contributed by atoms with van der Waals surface area (Å²) in [5.74, 6) is 0. The molecule has 2 fully saturated rings. The van der Waals surface area contributed by atoms with Crippen LogP contribution in [0.3, 0.4) is 0 Å². The number of nitrogens with zero attached hydrogens (tertiary/aromatic N) is 1. The van der Waals surface area contributed by atoms with E-state index in [4.69, 9.17) is 0 Å². The van der Waals surface area contributed by atoms with Crippen molar-refractivity contribution in [2.24, 2.45) is 5.41 Å². The highest BCUT2D eigenvalue weighted by atomic mass is 15.2. The second-order valence-electron chi connectivity index (χ2n) is 7.24. The molecule has 0 amide bonds. The topological polar surface area (TPSA) is 15.3 Å². The van der Waals surface area contributed by atoms with E-state index in [0.717, 1.165) is 11.5 Å². The first-order valence-electron chi connectivity index (χ1n) is 9.24. The molecule has 2 heteroatoms. The molecule has 0 aromatic carbocycles. The molecule has 1 atom stereocenters. The molecule has 1 heterocycles. The minimum atomic E-state index is 0.752. The molecule has 2 rings (SSSR count). The molecule has 1 N–H and O–H groups in total. The Kier molecular flexibility index (Phi) is 6.83. The Labute approximate surface area is 126 Å². The lowest BCUT2D eigenvalue weighted by atomic mass is 9.68. The van der Waals surface area contributed by atoms with Crippen molar-refractivity contribution in [3.05, 3.63) is 0 Å². The molecule has 1 aliphatic heterocycles. The third kappa shape index (κ3) is 4.46. The van der Waals surface area contributed by atoms with Gasteiger partial charge in [0.15, 0.2) is 0 Å². The maximum Gasteiger partial charge on any atom is 0.0220 e. The van der Waals surface area contributed by atoms with E-state index < -0.39 is 0 Å². The van der Waals surface area contributed by atoms with E-state index >= 15 is 0 Å². The number of hydrogen-bond donors (Lipinski definition) is 1. The lowest BCUT2D eigenvalue weighted by Crippen LogP contribution is -2.49. The maximum absolute atomic E-state index is 3.65. The van der Waals surface area contributed by atoms with Gasteiger partial charge in [-0.3, -0.25) is 4.90 Å². The molecule has 118 valence electrons. The van der Waals surface area contributed by atoms with Gasteiger partial charge in [0, 0.05) is 12.6 Å². The Hall–Kier alpha value is -0.0800. The monoisotopic (exact) mass is 280 g/mol. The first-order chi connectivity index (χ1) is 9.79. The molecular weight excluding hydrogens is 244 g/mol. The van der Waals surface area contributed by atoms with Gasteiger partial charge in [-0.15, -0.1) is 0 Å². The van der Waals surface area contributed by atoms with Gasteiger partial charge in [-0.25, -0.2) is 0 Å². The quantitative estimate of drug-likeness (QED) is 0.703. The zero-order valence-corrected chi connectivity index (χ0v) is 13.9. The molecule has 2 aliphatic rings. The van der Waals surface area contributed by atoms with Crippen LogP contribution < -0.4 is 5.32 Å². The van der Waals surface area contributed by atoms with Crippen molar-refractivity contribution in [3.8, 4) is 0 Å². The summed E-state index contributed by atoms with van der Waals surface area (Å²) < 4.78 is 0. The van der Waals surface area contributed by atoms with Crippen molar-refractivity contribution in [1.29, 1.82) is 0 Å². The normalized spacial score (nSPS) is 24.9. The van der Waals surface area contributed by atoms with Crippen LogP contribution in [0.25, 0.3) is 0 Å². The van der Waals surface area contributed by atoms with Gasteiger partial charge in [-0.2, -0.15) is 0 Å². The van der Waals surface area contributed by atoms with E-state index in [0.29, 0.717) is 0 Å².